The molecule has 7 heteroatoms. The summed E-state index contributed by atoms with van der Waals surface area (Å²) in [6.07, 6.45) is -4.50. The van der Waals surface area contributed by atoms with E-state index in [0.717, 1.165) is 17.7 Å². The predicted octanol–water partition coefficient (Wildman–Crippen LogP) is 4.60. The standard InChI is InChI=1S/C19H15F3N2O2/c1-12-16(17(24-26-12)13-6-3-2-4-7-13)11-23-18(25)14-8-5-9-15(10-14)19(20,21)22/h2-10H,11H2,1H3,(H,23,25). The maximum atomic E-state index is 12.8. The molecule has 0 unspecified atom stereocenters. The smallest absolute Gasteiger partial charge is 0.361 e. The summed E-state index contributed by atoms with van der Waals surface area (Å²) in [6, 6.07) is 13.6. The highest BCUT2D eigenvalue weighted by Crippen LogP contribution is 2.29. The lowest BCUT2D eigenvalue weighted by molar-refractivity contribution is -0.137. The molecule has 3 rings (SSSR count). The first kappa shape index (κ1) is 17.7. The Kier molecular flexibility index (Phi) is 4.79. The summed E-state index contributed by atoms with van der Waals surface area (Å²) in [5.41, 5.74) is 1.17. The van der Waals surface area contributed by atoms with Gasteiger partial charge in [-0.1, -0.05) is 41.6 Å². The van der Waals surface area contributed by atoms with Gasteiger partial charge in [0.2, 0.25) is 0 Å². The predicted molar refractivity (Wildman–Crippen MR) is 89.3 cm³/mol. The Bertz CT molecular complexity index is 918. The minimum Gasteiger partial charge on any atom is -0.361 e. The molecule has 26 heavy (non-hydrogen) atoms. The van der Waals surface area contributed by atoms with Crippen molar-refractivity contribution in [3.8, 4) is 11.3 Å². The maximum absolute atomic E-state index is 12.8. The normalized spacial score (nSPS) is 11.4. The molecule has 0 bridgehead atoms. The first-order valence-corrected chi connectivity index (χ1v) is 7.82. The van der Waals surface area contributed by atoms with Crippen molar-refractivity contribution in [2.75, 3.05) is 0 Å². The van der Waals surface area contributed by atoms with Gasteiger partial charge in [0.1, 0.15) is 11.5 Å². The number of rotatable bonds is 4. The van der Waals surface area contributed by atoms with E-state index in [1.54, 1.807) is 6.92 Å². The number of benzene rings is 2. The van der Waals surface area contributed by atoms with Crippen LogP contribution in [0.15, 0.2) is 59.1 Å². The van der Waals surface area contributed by atoms with Crippen LogP contribution in [0.2, 0.25) is 0 Å². The molecule has 1 N–H and O–H groups in total. The zero-order valence-electron chi connectivity index (χ0n) is 13.8. The number of hydrogen-bond acceptors (Lipinski definition) is 3. The highest BCUT2D eigenvalue weighted by molar-refractivity contribution is 5.94. The van der Waals surface area contributed by atoms with Gasteiger partial charge in [0, 0.05) is 23.2 Å². The molecule has 0 fully saturated rings. The Morgan fingerprint density at radius 3 is 2.54 bits per heavy atom. The van der Waals surface area contributed by atoms with Gasteiger partial charge in [-0.25, -0.2) is 0 Å². The van der Waals surface area contributed by atoms with Gasteiger partial charge in [-0.15, -0.1) is 0 Å². The molecule has 0 radical (unpaired) electrons. The average Bonchev–Trinajstić information content (AvgIpc) is 3.00. The fourth-order valence-corrected chi connectivity index (χ4v) is 2.53. The number of aryl methyl sites for hydroxylation is 1. The van der Waals surface area contributed by atoms with Gasteiger partial charge >= 0.3 is 6.18 Å². The van der Waals surface area contributed by atoms with Gasteiger partial charge in [0.05, 0.1) is 5.56 Å². The van der Waals surface area contributed by atoms with Crippen molar-refractivity contribution in [1.82, 2.24) is 10.5 Å². The lowest BCUT2D eigenvalue weighted by Crippen LogP contribution is -2.23. The molecular formula is C19H15F3N2O2. The van der Waals surface area contributed by atoms with Crippen molar-refractivity contribution in [3.05, 3.63) is 77.0 Å². The van der Waals surface area contributed by atoms with Crippen molar-refractivity contribution in [1.29, 1.82) is 0 Å². The second kappa shape index (κ2) is 7.03. The van der Waals surface area contributed by atoms with Crippen molar-refractivity contribution in [2.24, 2.45) is 0 Å². The number of hydrogen-bond donors (Lipinski definition) is 1. The third-order valence-electron chi connectivity index (χ3n) is 3.91. The van der Waals surface area contributed by atoms with E-state index in [9.17, 15) is 18.0 Å². The van der Waals surface area contributed by atoms with Crippen molar-refractivity contribution in [3.63, 3.8) is 0 Å². The minimum absolute atomic E-state index is 0.0600. The molecule has 0 spiro atoms. The Labute approximate surface area is 147 Å². The Morgan fingerprint density at radius 2 is 1.85 bits per heavy atom. The van der Waals surface area contributed by atoms with Gasteiger partial charge in [-0.05, 0) is 25.1 Å². The molecule has 1 heterocycles. The lowest BCUT2D eigenvalue weighted by Gasteiger charge is -2.09. The minimum atomic E-state index is -4.50. The molecule has 0 aliphatic heterocycles. The Morgan fingerprint density at radius 1 is 1.12 bits per heavy atom. The lowest BCUT2D eigenvalue weighted by atomic mass is 10.1. The van der Waals surface area contributed by atoms with Gasteiger partial charge in [0.25, 0.3) is 5.91 Å². The van der Waals surface area contributed by atoms with Crippen LogP contribution in [0.3, 0.4) is 0 Å². The number of alkyl halides is 3. The highest BCUT2D eigenvalue weighted by Gasteiger charge is 2.30. The van der Waals surface area contributed by atoms with Crippen LogP contribution in [0.5, 0.6) is 0 Å². The SMILES string of the molecule is Cc1onc(-c2ccccc2)c1CNC(=O)c1cccc(C(F)(F)F)c1. The first-order chi connectivity index (χ1) is 12.4. The van der Waals surface area contributed by atoms with E-state index in [-0.39, 0.29) is 12.1 Å². The number of carbonyl (C=O) groups excluding carboxylic acids is 1. The summed E-state index contributed by atoms with van der Waals surface area (Å²) >= 11 is 0. The van der Waals surface area contributed by atoms with Gasteiger partial charge in [-0.3, -0.25) is 4.79 Å². The molecule has 0 saturated heterocycles. The van der Waals surface area contributed by atoms with Crippen LogP contribution in [0.4, 0.5) is 13.2 Å². The summed E-state index contributed by atoms with van der Waals surface area (Å²) in [5.74, 6) is -0.0658. The zero-order valence-corrected chi connectivity index (χ0v) is 13.8. The second-order valence-corrected chi connectivity index (χ2v) is 5.69. The summed E-state index contributed by atoms with van der Waals surface area (Å²) in [4.78, 5) is 12.2. The second-order valence-electron chi connectivity index (χ2n) is 5.69. The molecule has 134 valence electrons. The fraction of sp³-hybridized carbons (Fsp3) is 0.158. The molecule has 0 atom stereocenters. The van der Waals surface area contributed by atoms with E-state index in [4.69, 9.17) is 4.52 Å². The van der Waals surface area contributed by atoms with Crippen molar-refractivity contribution < 1.29 is 22.5 Å². The van der Waals surface area contributed by atoms with E-state index in [2.05, 4.69) is 10.5 Å². The van der Waals surface area contributed by atoms with Gasteiger partial charge in [0.15, 0.2) is 0 Å². The van der Waals surface area contributed by atoms with Crippen LogP contribution in [-0.4, -0.2) is 11.1 Å². The molecular weight excluding hydrogens is 345 g/mol. The summed E-state index contributed by atoms with van der Waals surface area (Å²) in [5, 5.41) is 6.63. The summed E-state index contributed by atoms with van der Waals surface area (Å²) in [6.45, 7) is 1.81. The van der Waals surface area contributed by atoms with Crippen LogP contribution in [0.1, 0.15) is 27.2 Å². The first-order valence-electron chi connectivity index (χ1n) is 7.82. The number of amides is 1. The third-order valence-corrected chi connectivity index (χ3v) is 3.91. The molecule has 1 aromatic heterocycles. The number of halogens is 3. The van der Waals surface area contributed by atoms with E-state index < -0.39 is 17.6 Å². The zero-order chi connectivity index (χ0) is 18.7. The molecule has 2 aromatic carbocycles. The summed E-state index contributed by atoms with van der Waals surface area (Å²) in [7, 11) is 0. The fourth-order valence-electron chi connectivity index (χ4n) is 2.53. The van der Waals surface area contributed by atoms with E-state index in [0.29, 0.717) is 17.0 Å². The van der Waals surface area contributed by atoms with Crippen molar-refractivity contribution in [2.45, 2.75) is 19.6 Å². The average molecular weight is 360 g/mol. The summed E-state index contributed by atoms with van der Waals surface area (Å²) < 4.78 is 43.5. The largest absolute Gasteiger partial charge is 0.416 e. The molecule has 0 saturated carbocycles. The Hall–Kier alpha value is -3.09. The van der Waals surface area contributed by atoms with Crippen LogP contribution >= 0.6 is 0 Å². The molecule has 0 aliphatic carbocycles. The quantitative estimate of drug-likeness (QED) is 0.740. The number of aromatic nitrogens is 1. The van der Waals surface area contributed by atoms with E-state index in [1.165, 1.54) is 12.1 Å². The Balaban J connectivity index is 1.78. The monoisotopic (exact) mass is 360 g/mol. The number of carbonyl (C=O) groups is 1. The third kappa shape index (κ3) is 3.77. The highest BCUT2D eigenvalue weighted by atomic mass is 19.4. The van der Waals surface area contributed by atoms with Crippen LogP contribution in [-0.2, 0) is 12.7 Å². The molecule has 3 aromatic rings. The van der Waals surface area contributed by atoms with Gasteiger partial charge < -0.3 is 9.84 Å². The van der Waals surface area contributed by atoms with E-state index >= 15 is 0 Å². The number of nitrogens with zero attached hydrogens (tertiary/aromatic N) is 1. The molecule has 0 aliphatic rings. The van der Waals surface area contributed by atoms with Crippen LogP contribution in [0.25, 0.3) is 11.3 Å². The van der Waals surface area contributed by atoms with Crippen molar-refractivity contribution >= 4 is 5.91 Å². The number of nitrogens with one attached hydrogen (secondary N) is 1. The maximum Gasteiger partial charge on any atom is 0.416 e. The molecule has 1 amide bonds. The van der Waals surface area contributed by atoms with E-state index in [1.807, 2.05) is 30.3 Å². The topological polar surface area (TPSA) is 55.1 Å². The van der Waals surface area contributed by atoms with Crippen LogP contribution in [0, 0.1) is 6.92 Å². The van der Waals surface area contributed by atoms with Gasteiger partial charge in [-0.2, -0.15) is 13.2 Å². The molecule has 4 nitrogen and oxygen atoms in total. The van der Waals surface area contributed by atoms with Crippen LogP contribution < -0.4 is 5.32 Å².